The maximum absolute atomic E-state index is 13.7. The summed E-state index contributed by atoms with van der Waals surface area (Å²) >= 11 is 0. The van der Waals surface area contributed by atoms with E-state index >= 15 is 0 Å². The number of nitrogens with zero attached hydrogens (tertiary/aromatic N) is 1. The van der Waals surface area contributed by atoms with Gasteiger partial charge in [-0.3, -0.25) is 9.59 Å². The van der Waals surface area contributed by atoms with E-state index in [0.29, 0.717) is 17.2 Å². The van der Waals surface area contributed by atoms with E-state index in [4.69, 9.17) is 9.52 Å². The fourth-order valence-corrected chi connectivity index (χ4v) is 1.92. The van der Waals surface area contributed by atoms with E-state index in [-0.39, 0.29) is 25.3 Å². The molecule has 0 bridgehead atoms. The van der Waals surface area contributed by atoms with Gasteiger partial charge in [0.25, 0.3) is 0 Å². The highest BCUT2D eigenvalue weighted by atomic mass is 19.1. The van der Waals surface area contributed by atoms with E-state index in [1.807, 2.05) is 0 Å². The lowest BCUT2D eigenvalue weighted by Gasteiger charge is -2.19. The maximum atomic E-state index is 13.7. The first kappa shape index (κ1) is 17.7. The van der Waals surface area contributed by atoms with Gasteiger partial charge in [-0.2, -0.15) is 0 Å². The molecule has 0 atom stereocenters. The summed E-state index contributed by atoms with van der Waals surface area (Å²) in [7, 11) is 0. The highest BCUT2D eigenvalue weighted by Gasteiger charge is 2.27. The molecule has 0 aliphatic carbocycles. The van der Waals surface area contributed by atoms with Crippen LogP contribution in [0, 0.1) is 11.2 Å². The molecule has 0 aliphatic heterocycles. The van der Waals surface area contributed by atoms with E-state index in [2.05, 4.69) is 10.3 Å². The Morgan fingerprint density at radius 3 is 2.71 bits per heavy atom. The predicted octanol–water partition coefficient (Wildman–Crippen LogP) is 2.64. The molecule has 6 nitrogen and oxygen atoms in total. The molecule has 0 radical (unpaired) electrons. The first-order chi connectivity index (χ1) is 11.3. The summed E-state index contributed by atoms with van der Waals surface area (Å²) in [5.41, 5.74) is -0.722. The first-order valence-electron chi connectivity index (χ1n) is 7.49. The van der Waals surface area contributed by atoms with Crippen LogP contribution in [0.15, 0.2) is 34.9 Å². The summed E-state index contributed by atoms with van der Waals surface area (Å²) in [6.45, 7) is 3.10. The fraction of sp³-hybridized carbons (Fsp3) is 0.353. The average Bonchev–Trinajstić information content (AvgIpc) is 3.00. The number of benzene rings is 1. The fourth-order valence-electron chi connectivity index (χ4n) is 1.92. The Kier molecular flexibility index (Phi) is 5.33. The molecule has 7 heteroatoms. The lowest BCUT2D eigenvalue weighted by atomic mass is 9.94. The third kappa shape index (κ3) is 4.41. The van der Waals surface area contributed by atoms with Gasteiger partial charge in [-0.15, -0.1) is 0 Å². The number of oxazole rings is 1. The number of carbonyl (C=O) groups is 2. The molecule has 2 rings (SSSR count). The van der Waals surface area contributed by atoms with Crippen molar-refractivity contribution in [2.45, 2.75) is 26.7 Å². The molecule has 0 unspecified atom stereocenters. The Bertz CT molecular complexity index is 740. The van der Waals surface area contributed by atoms with Crippen LogP contribution in [0.25, 0.3) is 11.3 Å². The molecule has 24 heavy (non-hydrogen) atoms. The molecule has 0 aliphatic rings. The summed E-state index contributed by atoms with van der Waals surface area (Å²) < 4.78 is 19.1. The number of aromatic nitrogens is 1. The van der Waals surface area contributed by atoms with Gasteiger partial charge in [0, 0.05) is 19.4 Å². The van der Waals surface area contributed by atoms with Gasteiger partial charge in [-0.1, -0.05) is 12.1 Å². The number of carboxylic acids is 1. The van der Waals surface area contributed by atoms with E-state index < -0.39 is 17.2 Å². The number of carboxylic acid groups (broad SMARTS) is 1. The van der Waals surface area contributed by atoms with Crippen molar-refractivity contribution in [1.29, 1.82) is 0 Å². The summed E-state index contributed by atoms with van der Waals surface area (Å²) in [6, 6.07) is 6.19. The highest BCUT2D eigenvalue weighted by Crippen LogP contribution is 2.23. The quantitative estimate of drug-likeness (QED) is 0.812. The topological polar surface area (TPSA) is 92.4 Å². The van der Waals surface area contributed by atoms with E-state index in [1.54, 1.807) is 18.2 Å². The summed E-state index contributed by atoms with van der Waals surface area (Å²) in [4.78, 5) is 26.8. The van der Waals surface area contributed by atoms with E-state index in [0.717, 1.165) is 0 Å². The van der Waals surface area contributed by atoms with Crippen LogP contribution in [-0.2, 0) is 16.0 Å². The van der Waals surface area contributed by atoms with Crippen LogP contribution in [0.1, 0.15) is 26.2 Å². The van der Waals surface area contributed by atoms with Crippen LogP contribution < -0.4 is 5.32 Å². The zero-order chi connectivity index (χ0) is 17.7. The summed E-state index contributed by atoms with van der Waals surface area (Å²) in [5, 5.41) is 11.6. The molecule has 2 N–H and O–H groups in total. The second-order valence-corrected chi connectivity index (χ2v) is 6.06. The van der Waals surface area contributed by atoms with Crippen LogP contribution >= 0.6 is 0 Å². The van der Waals surface area contributed by atoms with Gasteiger partial charge in [0.15, 0.2) is 11.7 Å². The largest absolute Gasteiger partial charge is 0.481 e. The highest BCUT2D eigenvalue weighted by molar-refractivity contribution is 5.78. The number of rotatable bonds is 7. The SMILES string of the molecule is CC(C)(CNC(=O)CCc1ncc(-c2ccccc2F)o1)C(=O)O. The molecule has 0 spiro atoms. The number of hydrogen-bond donors (Lipinski definition) is 2. The standard InChI is InChI=1S/C17H19FN2O4/c1-17(2,16(22)23)10-20-14(21)7-8-15-19-9-13(24-15)11-5-3-4-6-12(11)18/h3-6,9H,7-8,10H2,1-2H3,(H,20,21)(H,22,23). The molecule has 2 aromatic rings. The van der Waals surface area contributed by atoms with Gasteiger partial charge in [0.2, 0.25) is 5.91 Å². The Morgan fingerprint density at radius 2 is 2.04 bits per heavy atom. The Balaban J connectivity index is 1.88. The molecule has 1 aromatic carbocycles. The minimum absolute atomic E-state index is 0.0349. The number of aryl methyl sites for hydroxylation is 1. The van der Waals surface area contributed by atoms with Crippen LogP contribution in [-0.4, -0.2) is 28.5 Å². The van der Waals surface area contributed by atoms with Gasteiger partial charge in [-0.05, 0) is 26.0 Å². The number of amides is 1. The van der Waals surface area contributed by atoms with Crippen molar-refractivity contribution in [3.8, 4) is 11.3 Å². The third-order valence-corrected chi connectivity index (χ3v) is 3.57. The van der Waals surface area contributed by atoms with Crippen molar-refractivity contribution in [1.82, 2.24) is 10.3 Å². The van der Waals surface area contributed by atoms with Crippen molar-refractivity contribution < 1.29 is 23.5 Å². The lowest BCUT2D eigenvalue weighted by Crippen LogP contribution is -2.38. The third-order valence-electron chi connectivity index (χ3n) is 3.57. The number of aliphatic carboxylic acids is 1. The maximum Gasteiger partial charge on any atom is 0.310 e. The smallest absolute Gasteiger partial charge is 0.310 e. The van der Waals surface area contributed by atoms with E-state index in [1.165, 1.54) is 26.1 Å². The Labute approximate surface area is 138 Å². The Hall–Kier alpha value is -2.70. The second kappa shape index (κ2) is 7.25. The average molecular weight is 334 g/mol. The van der Waals surface area contributed by atoms with Crippen LogP contribution in [0.3, 0.4) is 0 Å². The van der Waals surface area contributed by atoms with Crippen LogP contribution in [0.2, 0.25) is 0 Å². The lowest BCUT2D eigenvalue weighted by molar-refractivity contribution is -0.146. The van der Waals surface area contributed by atoms with Gasteiger partial charge < -0.3 is 14.8 Å². The zero-order valence-electron chi connectivity index (χ0n) is 13.5. The number of halogens is 1. The predicted molar refractivity (Wildman–Crippen MR) is 84.6 cm³/mol. The van der Waals surface area contributed by atoms with Crippen molar-refractivity contribution >= 4 is 11.9 Å². The molecule has 1 amide bonds. The minimum Gasteiger partial charge on any atom is -0.481 e. The molecule has 0 fully saturated rings. The minimum atomic E-state index is -1.03. The van der Waals surface area contributed by atoms with Gasteiger partial charge in [0.1, 0.15) is 5.82 Å². The monoisotopic (exact) mass is 334 g/mol. The number of carbonyl (C=O) groups excluding carboxylic acids is 1. The molecule has 0 saturated carbocycles. The second-order valence-electron chi connectivity index (χ2n) is 6.06. The Morgan fingerprint density at radius 1 is 1.33 bits per heavy atom. The number of nitrogens with one attached hydrogen (secondary N) is 1. The van der Waals surface area contributed by atoms with Crippen molar-refractivity contribution in [3.63, 3.8) is 0 Å². The molecule has 0 saturated heterocycles. The molecule has 1 aromatic heterocycles. The molecular weight excluding hydrogens is 315 g/mol. The van der Waals surface area contributed by atoms with Crippen LogP contribution in [0.4, 0.5) is 4.39 Å². The summed E-state index contributed by atoms with van der Waals surface area (Å²) in [5.74, 6) is -1.06. The zero-order valence-corrected chi connectivity index (χ0v) is 13.5. The van der Waals surface area contributed by atoms with Gasteiger partial charge in [0.05, 0.1) is 17.2 Å². The van der Waals surface area contributed by atoms with Gasteiger partial charge >= 0.3 is 5.97 Å². The molecular formula is C17H19FN2O4. The molecule has 128 valence electrons. The molecule has 1 heterocycles. The van der Waals surface area contributed by atoms with Crippen molar-refractivity contribution in [2.75, 3.05) is 6.54 Å². The normalized spacial score (nSPS) is 11.3. The first-order valence-corrected chi connectivity index (χ1v) is 7.49. The van der Waals surface area contributed by atoms with Gasteiger partial charge in [-0.25, -0.2) is 9.37 Å². The van der Waals surface area contributed by atoms with Crippen LogP contribution in [0.5, 0.6) is 0 Å². The summed E-state index contributed by atoms with van der Waals surface area (Å²) in [6.07, 6.45) is 1.76. The van der Waals surface area contributed by atoms with Crippen molar-refractivity contribution in [2.24, 2.45) is 5.41 Å². The number of hydrogen-bond acceptors (Lipinski definition) is 4. The van der Waals surface area contributed by atoms with Crippen molar-refractivity contribution in [3.05, 3.63) is 42.2 Å². The van der Waals surface area contributed by atoms with E-state index in [9.17, 15) is 14.0 Å².